The van der Waals surface area contributed by atoms with Gasteiger partial charge in [-0.25, -0.2) is 4.79 Å². The summed E-state index contributed by atoms with van der Waals surface area (Å²) in [6.07, 6.45) is 1.45. The molecule has 0 spiro atoms. The standard InChI is InChI=1S/C15H9Cl3O2/c16-10-6-4-9(5-7-10)11(15(19)20)8-12-13(17)2-1-3-14(12)18/h1-8H,(H,19,20)/b11-8-. The molecule has 0 bridgehead atoms. The van der Waals surface area contributed by atoms with Gasteiger partial charge in [-0.2, -0.15) is 0 Å². The van der Waals surface area contributed by atoms with Crippen molar-refractivity contribution in [3.63, 3.8) is 0 Å². The number of carboxylic acids is 1. The Hall–Kier alpha value is -1.48. The van der Waals surface area contributed by atoms with Gasteiger partial charge in [0.15, 0.2) is 0 Å². The van der Waals surface area contributed by atoms with Gasteiger partial charge in [0.05, 0.1) is 5.57 Å². The van der Waals surface area contributed by atoms with E-state index >= 15 is 0 Å². The lowest BCUT2D eigenvalue weighted by atomic mass is 10.0. The molecule has 5 heteroatoms. The molecule has 0 saturated heterocycles. The molecule has 0 amide bonds. The van der Waals surface area contributed by atoms with Crippen molar-refractivity contribution in [1.82, 2.24) is 0 Å². The molecular formula is C15H9Cl3O2. The third-order valence-electron chi connectivity index (χ3n) is 2.67. The van der Waals surface area contributed by atoms with Crippen LogP contribution in [0.25, 0.3) is 11.6 Å². The molecule has 0 aliphatic carbocycles. The van der Waals surface area contributed by atoms with Crippen LogP contribution >= 0.6 is 34.8 Å². The topological polar surface area (TPSA) is 37.3 Å². The molecular weight excluding hydrogens is 319 g/mol. The fourth-order valence-electron chi connectivity index (χ4n) is 1.69. The van der Waals surface area contributed by atoms with E-state index in [-0.39, 0.29) is 5.57 Å². The van der Waals surface area contributed by atoms with Crippen molar-refractivity contribution in [2.75, 3.05) is 0 Å². The van der Waals surface area contributed by atoms with Crippen LogP contribution in [-0.2, 0) is 4.79 Å². The van der Waals surface area contributed by atoms with E-state index in [0.717, 1.165) is 0 Å². The molecule has 2 aromatic carbocycles. The van der Waals surface area contributed by atoms with Gasteiger partial charge in [0.1, 0.15) is 0 Å². The van der Waals surface area contributed by atoms with Crippen LogP contribution in [0.15, 0.2) is 42.5 Å². The molecule has 2 rings (SSSR count). The Kier molecular flexibility index (Phi) is 4.71. The minimum absolute atomic E-state index is 0.0941. The van der Waals surface area contributed by atoms with Crippen LogP contribution in [0.2, 0.25) is 15.1 Å². The van der Waals surface area contributed by atoms with Crippen molar-refractivity contribution in [3.05, 3.63) is 68.7 Å². The SMILES string of the molecule is O=C(O)/C(=C\c1c(Cl)cccc1Cl)c1ccc(Cl)cc1. The normalized spacial score (nSPS) is 11.4. The van der Waals surface area contributed by atoms with Gasteiger partial charge in [-0.1, -0.05) is 53.0 Å². The van der Waals surface area contributed by atoms with E-state index in [0.29, 0.717) is 26.2 Å². The Morgan fingerprint density at radius 3 is 2.00 bits per heavy atom. The van der Waals surface area contributed by atoms with E-state index in [4.69, 9.17) is 34.8 Å². The van der Waals surface area contributed by atoms with Crippen LogP contribution < -0.4 is 0 Å². The van der Waals surface area contributed by atoms with E-state index in [9.17, 15) is 9.90 Å². The molecule has 2 nitrogen and oxygen atoms in total. The largest absolute Gasteiger partial charge is 0.478 e. The first kappa shape index (κ1) is 14.9. The number of hydrogen-bond donors (Lipinski definition) is 1. The molecule has 0 aliphatic rings. The second-order valence-corrected chi connectivity index (χ2v) is 5.26. The summed E-state index contributed by atoms with van der Waals surface area (Å²) in [4.78, 5) is 11.4. The molecule has 2 aromatic rings. The van der Waals surface area contributed by atoms with Crippen LogP contribution in [0.4, 0.5) is 0 Å². The number of aliphatic carboxylic acids is 1. The Bertz CT molecular complexity index is 656. The summed E-state index contributed by atoms with van der Waals surface area (Å²) in [5.41, 5.74) is 1.10. The van der Waals surface area contributed by atoms with Crippen molar-refractivity contribution in [2.45, 2.75) is 0 Å². The van der Waals surface area contributed by atoms with E-state index in [1.165, 1.54) is 6.08 Å². The summed E-state index contributed by atoms with van der Waals surface area (Å²) in [6.45, 7) is 0. The van der Waals surface area contributed by atoms with Gasteiger partial charge in [0.25, 0.3) is 0 Å². The average molecular weight is 328 g/mol. The molecule has 0 aliphatic heterocycles. The van der Waals surface area contributed by atoms with Crippen LogP contribution in [0.1, 0.15) is 11.1 Å². The molecule has 20 heavy (non-hydrogen) atoms. The second kappa shape index (κ2) is 6.31. The number of carbonyl (C=O) groups is 1. The predicted molar refractivity (Wildman–Crippen MR) is 83.4 cm³/mol. The van der Waals surface area contributed by atoms with Crippen molar-refractivity contribution in [2.24, 2.45) is 0 Å². The van der Waals surface area contributed by atoms with Crippen LogP contribution in [-0.4, -0.2) is 11.1 Å². The summed E-state index contributed by atoms with van der Waals surface area (Å²) in [5, 5.41) is 10.7. The first-order chi connectivity index (χ1) is 9.49. The number of hydrogen-bond acceptors (Lipinski definition) is 1. The van der Waals surface area contributed by atoms with Crippen molar-refractivity contribution in [1.29, 1.82) is 0 Å². The lowest BCUT2D eigenvalue weighted by Gasteiger charge is -2.06. The minimum Gasteiger partial charge on any atom is -0.478 e. The van der Waals surface area contributed by atoms with E-state index in [1.807, 2.05) is 0 Å². The molecule has 0 radical (unpaired) electrons. The third kappa shape index (κ3) is 3.34. The van der Waals surface area contributed by atoms with Crippen molar-refractivity contribution < 1.29 is 9.90 Å². The highest BCUT2D eigenvalue weighted by atomic mass is 35.5. The first-order valence-corrected chi connectivity index (χ1v) is 6.77. The fourth-order valence-corrected chi connectivity index (χ4v) is 2.32. The van der Waals surface area contributed by atoms with Crippen molar-refractivity contribution in [3.8, 4) is 0 Å². The molecule has 0 atom stereocenters. The van der Waals surface area contributed by atoms with Gasteiger partial charge in [0, 0.05) is 20.6 Å². The average Bonchev–Trinajstić information content (AvgIpc) is 2.39. The first-order valence-electron chi connectivity index (χ1n) is 5.64. The molecule has 102 valence electrons. The van der Waals surface area contributed by atoms with Gasteiger partial charge in [-0.3, -0.25) is 0 Å². The van der Waals surface area contributed by atoms with Crippen LogP contribution in [0.3, 0.4) is 0 Å². The number of carboxylic acid groups (broad SMARTS) is 1. The number of halogens is 3. The van der Waals surface area contributed by atoms with Gasteiger partial charge < -0.3 is 5.11 Å². The maximum atomic E-state index is 11.4. The van der Waals surface area contributed by atoms with Gasteiger partial charge in [-0.05, 0) is 35.9 Å². The summed E-state index contributed by atoms with van der Waals surface area (Å²) in [7, 11) is 0. The van der Waals surface area contributed by atoms with Gasteiger partial charge in [0.2, 0.25) is 0 Å². The predicted octanol–water partition coefficient (Wildman–Crippen LogP) is 5.27. The van der Waals surface area contributed by atoms with E-state index < -0.39 is 5.97 Å². The highest BCUT2D eigenvalue weighted by molar-refractivity contribution is 6.38. The molecule has 0 unspecified atom stereocenters. The maximum absolute atomic E-state index is 11.4. The third-order valence-corrected chi connectivity index (χ3v) is 3.59. The van der Waals surface area contributed by atoms with E-state index in [1.54, 1.807) is 42.5 Å². The monoisotopic (exact) mass is 326 g/mol. The molecule has 0 aromatic heterocycles. The van der Waals surface area contributed by atoms with Gasteiger partial charge >= 0.3 is 5.97 Å². The maximum Gasteiger partial charge on any atom is 0.336 e. The summed E-state index contributed by atoms with van der Waals surface area (Å²) >= 11 is 17.9. The zero-order chi connectivity index (χ0) is 14.7. The lowest BCUT2D eigenvalue weighted by Crippen LogP contribution is -1.99. The highest BCUT2D eigenvalue weighted by Gasteiger charge is 2.13. The minimum atomic E-state index is -1.07. The number of rotatable bonds is 3. The van der Waals surface area contributed by atoms with Crippen LogP contribution in [0.5, 0.6) is 0 Å². The summed E-state index contributed by atoms with van der Waals surface area (Å²) in [5.74, 6) is -1.07. The quantitative estimate of drug-likeness (QED) is 0.616. The number of benzene rings is 2. The summed E-state index contributed by atoms with van der Waals surface area (Å²) < 4.78 is 0. The highest BCUT2D eigenvalue weighted by Crippen LogP contribution is 2.29. The fraction of sp³-hybridized carbons (Fsp3) is 0. The summed E-state index contributed by atoms with van der Waals surface area (Å²) in [6, 6.07) is 11.5. The Labute approximate surface area is 131 Å². The van der Waals surface area contributed by atoms with E-state index in [2.05, 4.69) is 0 Å². The molecule has 0 saturated carbocycles. The molecule has 0 heterocycles. The Morgan fingerprint density at radius 1 is 0.950 bits per heavy atom. The lowest BCUT2D eigenvalue weighted by molar-refractivity contribution is -0.130. The molecule has 0 fully saturated rings. The van der Waals surface area contributed by atoms with Crippen molar-refractivity contribution >= 4 is 52.4 Å². The molecule has 1 N–H and O–H groups in total. The van der Waals surface area contributed by atoms with Crippen LogP contribution in [0, 0.1) is 0 Å². The Balaban J connectivity index is 2.56. The smallest absolute Gasteiger partial charge is 0.336 e. The zero-order valence-corrected chi connectivity index (χ0v) is 12.4. The second-order valence-electron chi connectivity index (χ2n) is 4.01. The Morgan fingerprint density at radius 2 is 1.50 bits per heavy atom. The zero-order valence-electron chi connectivity index (χ0n) is 10.1. The van der Waals surface area contributed by atoms with Gasteiger partial charge in [-0.15, -0.1) is 0 Å².